The van der Waals surface area contributed by atoms with Crippen LogP contribution in [0.1, 0.15) is 37.0 Å². The first-order valence-electron chi connectivity index (χ1n) is 5.34. The Morgan fingerprint density at radius 2 is 1.94 bits per heavy atom. The number of hydrogen-bond donors (Lipinski definition) is 0. The van der Waals surface area contributed by atoms with Gasteiger partial charge in [-0.1, -0.05) is 43.7 Å². The highest BCUT2D eigenvalue weighted by Gasteiger charge is 1.88. The van der Waals surface area contributed by atoms with Gasteiger partial charge in [0.15, 0.2) is 0 Å². The Morgan fingerprint density at radius 1 is 1.31 bits per heavy atom. The van der Waals surface area contributed by atoms with Crippen molar-refractivity contribution < 1.29 is 14.3 Å². The predicted octanol–water partition coefficient (Wildman–Crippen LogP) is 2.85. The lowest BCUT2D eigenvalue weighted by Gasteiger charge is -1.96. The van der Waals surface area contributed by atoms with E-state index < -0.39 is 0 Å². The van der Waals surface area contributed by atoms with Crippen LogP contribution in [-0.4, -0.2) is 18.9 Å². The molecule has 0 radical (unpaired) electrons. The molecule has 0 heterocycles. The van der Waals surface area contributed by atoms with Gasteiger partial charge in [0.25, 0.3) is 0 Å². The number of rotatable bonds is 4. The third-order valence-electron chi connectivity index (χ3n) is 1.74. The van der Waals surface area contributed by atoms with E-state index in [1.54, 1.807) is 12.1 Å². The van der Waals surface area contributed by atoms with Crippen LogP contribution in [0.3, 0.4) is 0 Å². The minimum atomic E-state index is -0.182. The molecular formula is C13H18O3. The number of benzene rings is 1. The van der Waals surface area contributed by atoms with E-state index in [0.717, 1.165) is 24.7 Å². The number of ether oxygens (including phenoxy) is 1. The fourth-order valence-corrected chi connectivity index (χ4v) is 0.892. The summed E-state index contributed by atoms with van der Waals surface area (Å²) in [4.78, 5) is 20.1. The Kier molecular flexibility index (Phi) is 8.88. The van der Waals surface area contributed by atoms with Crippen molar-refractivity contribution >= 4 is 12.3 Å². The number of carbonyl (C=O) groups is 2. The molecule has 16 heavy (non-hydrogen) atoms. The summed E-state index contributed by atoms with van der Waals surface area (Å²) in [7, 11) is 0. The highest BCUT2D eigenvalue weighted by atomic mass is 16.5. The van der Waals surface area contributed by atoms with Crippen molar-refractivity contribution in [2.45, 2.75) is 26.7 Å². The molecule has 0 atom stereocenters. The van der Waals surface area contributed by atoms with E-state index in [1.165, 1.54) is 6.92 Å². The maximum atomic E-state index is 10.1. The van der Waals surface area contributed by atoms with E-state index in [0.29, 0.717) is 6.61 Å². The van der Waals surface area contributed by atoms with Gasteiger partial charge in [-0.2, -0.15) is 0 Å². The summed E-state index contributed by atoms with van der Waals surface area (Å²) in [5, 5.41) is 0. The zero-order valence-electron chi connectivity index (χ0n) is 9.81. The summed E-state index contributed by atoms with van der Waals surface area (Å²) >= 11 is 0. The van der Waals surface area contributed by atoms with E-state index in [2.05, 4.69) is 11.7 Å². The molecule has 0 aliphatic heterocycles. The van der Waals surface area contributed by atoms with E-state index in [9.17, 15) is 9.59 Å². The van der Waals surface area contributed by atoms with Gasteiger partial charge in [-0.15, -0.1) is 0 Å². The molecule has 0 unspecified atom stereocenters. The smallest absolute Gasteiger partial charge is 0.302 e. The summed E-state index contributed by atoms with van der Waals surface area (Å²) in [5.74, 6) is -0.182. The Labute approximate surface area is 96.4 Å². The quantitative estimate of drug-likeness (QED) is 0.447. The van der Waals surface area contributed by atoms with Crippen LogP contribution in [0.5, 0.6) is 0 Å². The van der Waals surface area contributed by atoms with Gasteiger partial charge in [-0.05, 0) is 6.42 Å². The minimum absolute atomic E-state index is 0.182. The van der Waals surface area contributed by atoms with Crippen molar-refractivity contribution in [1.29, 1.82) is 0 Å². The van der Waals surface area contributed by atoms with Crippen molar-refractivity contribution in [2.75, 3.05) is 6.61 Å². The van der Waals surface area contributed by atoms with Crippen LogP contribution in [-0.2, 0) is 9.53 Å². The number of esters is 1. The second-order valence-electron chi connectivity index (χ2n) is 3.22. The molecule has 1 aromatic rings. The lowest BCUT2D eigenvalue weighted by Crippen LogP contribution is -1.99. The predicted molar refractivity (Wildman–Crippen MR) is 63.4 cm³/mol. The fourth-order valence-electron chi connectivity index (χ4n) is 0.892. The monoisotopic (exact) mass is 222 g/mol. The van der Waals surface area contributed by atoms with Gasteiger partial charge in [0.2, 0.25) is 0 Å². The molecule has 0 aliphatic rings. The number of unbranched alkanes of at least 4 members (excludes halogenated alkanes) is 1. The number of carbonyl (C=O) groups excluding carboxylic acids is 2. The van der Waals surface area contributed by atoms with E-state index in [-0.39, 0.29) is 5.97 Å². The largest absolute Gasteiger partial charge is 0.466 e. The van der Waals surface area contributed by atoms with Gasteiger partial charge in [-0.25, -0.2) is 0 Å². The Balaban J connectivity index is 0.000000281. The third-order valence-corrected chi connectivity index (χ3v) is 1.74. The molecule has 0 fully saturated rings. The van der Waals surface area contributed by atoms with Crippen LogP contribution in [0.2, 0.25) is 0 Å². The SMILES string of the molecule is CCCCOC(C)=O.O=Cc1ccccc1. The topological polar surface area (TPSA) is 43.4 Å². The molecule has 0 aliphatic carbocycles. The normalized spacial score (nSPS) is 8.62. The zero-order valence-corrected chi connectivity index (χ0v) is 9.81. The van der Waals surface area contributed by atoms with Crippen molar-refractivity contribution in [3.8, 4) is 0 Å². The summed E-state index contributed by atoms with van der Waals surface area (Å²) in [5.41, 5.74) is 0.729. The molecule has 0 aromatic heterocycles. The molecule has 88 valence electrons. The average Bonchev–Trinajstić information content (AvgIpc) is 2.31. The second kappa shape index (κ2) is 9.90. The molecule has 0 bridgehead atoms. The average molecular weight is 222 g/mol. The molecule has 3 heteroatoms. The minimum Gasteiger partial charge on any atom is -0.466 e. The van der Waals surface area contributed by atoms with E-state index >= 15 is 0 Å². The summed E-state index contributed by atoms with van der Waals surface area (Å²) in [6.07, 6.45) is 2.88. The molecular weight excluding hydrogens is 204 g/mol. The van der Waals surface area contributed by atoms with Crippen LogP contribution in [0.25, 0.3) is 0 Å². The molecule has 0 N–H and O–H groups in total. The van der Waals surface area contributed by atoms with Gasteiger partial charge in [-0.3, -0.25) is 9.59 Å². The number of aldehydes is 1. The van der Waals surface area contributed by atoms with Gasteiger partial charge < -0.3 is 4.74 Å². The van der Waals surface area contributed by atoms with Crippen LogP contribution in [0.15, 0.2) is 30.3 Å². The van der Waals surface area contributed by atoms with Crippen LogP contribution >= 0.6 is 0 Å². The molecule has 1 aromatic carbocycles. The maximum absolute atomic E-state index is 10.1. The van der Waals surface area contributed by atoms with Gasteiger partial charge in [0, 0.05) is 12.5 Å². The summed E-state index contributed by atoms with van der Waals surface area (Å²) < 4.78 is 4.64. The standard InChI is InChI=1S/C7H6O.C6H12O2/c8-6-7-4-2-1-3-5-7;1-3-4-5-8-6(2)7/h1-6H;3-5H2,1-2H3. The summed E-state index contributed by atoms with van der Waals surface area (Å²) in [6.45, 7) is 4.06. The van der Waals surface area contributed by atoms with Gasteiger partial charge in [0.1, 0.15) is 6.29 Å². The van der Waals surface area contributed by atoms with Crippen LogP contribution in [0, 0.1) is 0 Å². The molecule has 0 amide bonds. The Bertz CT molecular complexity index is 293. The van der Waals surface area contributed by atoms with Gasteiger partial charge >= 0.3 is 5.97 Å². The molecule has 0 saturated carbocycles. The molecule has 3 nitrogen and oxygen atoms in total. The third kappa shape index (κ3) is 8.94. The van der Waals surface area contributed by atoms with Crippen molar-refractivity contribution in [1.82, 2.24) is 0 Å². The lowest BCUT2D eigenvalue weighted by molar-refractivity contribution is -0.141. The lowest BCUT2D eigenvalue weighted by atomic mass is 10.2. The summed E-state index contributed by atoms with van der Waals surface area (Å²) in [6, 6.07) is 9.10. The highest BCUT2D eigenvalue weighted by molar-refractivity contribution is 5.74. The Hall–Kier alpha value is -1.64. The van der Waals surface area contributed by atoms with Gasteiger partial charge in [0.05, 0.1) is 6.61 Å². The van der Waals surface area contributed by atoms with Crippen molar-refractivity contribution in [3.05, 3.63) is 35.9 Å². The van der Waals surface area contributed by atoms with Crippen molar-refractivity contribution in [2.24, 2.45) is 0 Å². The first-order chi connectivity index (χ1) is 7.70. The van der Waals surface area contributed by atoms with Crippen LogP contribution in [0.4, 0.5) is 0 Å². The molecule has 1 rings (SSSR count). The fraction of sp³-hybridized carbons (Fsp3) is 0.385. The van der Waals surface area contributed by atoms with E-state index in [4.69, 9.17) is 0 Å². The van der Waals surface area contributed by atoms with E-state index in [1.807, 2.05) is 18.2 Å². The van der Waals surface area contributed by atoms with Crippen LogP contribution < -0.4 is 0 Å². The number of hydrogen-bond acceptors (Lipinski definition) is 3. The highest BCUT2D eigenvalue weighted by Crippen LogP contribution is 1.91. The van der Waals surface area contributed by atoms with Crippen molar-refractivity contribution in [3.63, 3.8) is 0 Å². The second-order valence-corrected chi connectivity index (χ2v) is 3.22. The maximum Gasteiger partial charge on any atom is 0.302 e. The Morgan fingerprint density at radius 3 is 2.31 bits per heavy atom. The molecule has 0 saturated heterocycles. The first-order valence-corrected chi connectivity index (χ1v) is 5.34. The zero-order chi connectivity index (χ0) is 12.2. The first kappa shape index (κ1) is 14.4. The molecule has 0 spiro atoms.